The molecule has 0 aliphatic carbocycles. The van der Waals surface area contributed by atoms with E-state index in [0.29, 0.717) is 32.0 Å². The van der Waals surface area contributed by atoms with Crippen molar-refractivity contribution in [2.24, 2.45) is 0 Å². The van der Waals surface area contributed by atoms with Crippen LogP contribution in [-0.2, 0) is 0 Å². The van der Waals surface area contributed by atoms with Crippen LogP contribution in [-0.4, -0.2) is 16.8 Å². The second-order valence-electron chi connectivity index (χ2n) is 5.33. The molecule has 0 atom stereocenters. The summed E-state index contributed by atoms with van der Waals surface area (Å²) in [7, 11) is 0. The standard InChI is InChI=1S/C18H13BrClN3O2S/c1-10-15(17(25)22-12-8-6-11(19)7-9-12)26-18(21-10)23-16(24)13-4-2-3-5-14(13)20/h2-9H,1H3,(H,22,25)(H,21,23,24). The minimum Gasteiger partial charge on any atom is -0.321 e. The van der Waals surface area contributed by atoms with Crippen molar-refractivity contribution >= 4 is 61.5 Å². The van der Waals surface area contributed by atoms with Gasteiger partial charge in [0.1, 0.15) is 4.88 Å². The number of benzene rings is 2. The number of aryl methyl sites for hydroxylation is 1. The number of amides is 2. The van der Waals surface area contributed by atoms with Gasteiger partial charge in [0, 0.05) is 10.2 Å². The summed E-state index contributed by atoms with van der Waals surface area (Å²) >= 11 is 10.5. The molecule has 0 bridgehead atoms. The van der Waals surface area contributed by atoms with Crippen LogP contribution in [0.25, 0.3) is 0 Å². The molecule has 0 radical (unpaired) electrons. The summed E-state index contributed by atoms with van der Waals surface area (Å²) < 4.78 is 0.925. The molecule has 1 aromatic heterocycles. The lowest BCUT2D eigenvalue weighted by Gasteiger charge is -2.04. The summed E-state index contributed by atoms with van der Waals surface area (Å²) in [6.07, 6.45) is 0. The van der Waals surface area contributed by atoms with Gasteiger partial charge in [-0.2, -0.15) is 0 Å². The second-order valence-corrected chi connectivity index (χ2v) is 7.65. The summed E-state index contributed by atoms with van der Waals surface area (Å²) in [5.41, 5.74) is 1.56. The van der Waals surface area contributed by atoms with Crippen molar-refractivity contribution in [3.63, 3.8) is 0 Å². The summed E-state index contributed by atoms with van der Waals surface area (Å²) in [5, 5.41) is 6.19. The van der Waals surface area contributed by atoms with Crippen LogP contribution >= 0.6 is 38.9 Å². The number of thiazole rings is 1. The fourth-order valence-corrected chi connectivity index (χ4v) is 3.53. The van der Waals surface area contributed by atoms with Gasteiger partial charge in [-0.1, -0.05) is 51.0 Å². The Kier molecular flexibility index (Phi) is 5.70. The third-order valence-electron chi connectivity index (χ3n) is 3.44. The lowest BCUT2D eigenvalue weighted by atomic mass is 10.2. The van der Waals surface area contributed by atoms with Crippen molar-refractivity contribution in [1.82, 2.24) is 4.98 Å². The van der Waals surface area contributed by atoms with Crippen molar-refractivity contribution in [1.29, 1.82) is 0 Å². The maximum absolute atomic E-state index is 12.5. The van der Waals surface area contributed by atoms with Gasteiger partial charge in [0.2, 0.25) is 0 Å². The van der Waals surface area contributed by atoms with Crippen molar-refractivity contribution < 1.29 is 9.59 Å². The molecule has 8 heteroatoms. The van der Waals surface area contributed by atoms with E-state index in [-0.39, 0.29) is 11.8 Å². The second kappa shape index (κ2) is 7.99. The van der Waals surface area contributed by atoms with Gasteiger partial charge in [-0.25, -0.2) is 4.98 Å². The Morgan fingerprint density at radius 1 is 1.04 bits per heavy atom. The third-order valence-corrected chi connectivity index (χ3v) is 5.37. The number of hydrogen-bond acceptors (Lipinski definition) is 4. The summed E-state index contributed by atoms with van der Waals surface area (Å²) in [5.74, 6) is -0.648. The molecule has 3 rings (SSSR count). The van der Waals surface area contributed by atoms with Crippen LogP contribution in [0.3, 0.4) is 0 Å². The molecule has 132 valence electrons. The SMILES string of the molecule is Cc1nc(NC(=O)c2ccccc2Cl)sc1C(=O)Nc1ccc(Br)cc1. The molecular weight excluding hydrogens is 438 g/mol. The first-order valence-corrected chi connectivity index (χ1v) is 9.53. The predicted octanol–water partition coefficient (Wildman–Crippen LogP) is 5.37. The number of hydrogen-bond donors (Lipinski definition) is 2. The highest BCUT2D eigenvalue weighted by Crippen LogP contribution is 2.25. The number of anilines is 2. The Bertz CT molecular complexity index is 973. The molecule has 0 aliphatic rings. The number of nitrogens with zero attached hydrogens (tertiary/aromatic N) is 1. The van der Waals surface area contributed by atoms with Gasteiger partial charge in [-0.15, -0.1) is 0 Å². The Balaban J connectivity index is 1.74. The van der Waals surface area contributed by atoms with E-state index in [9.17, 15) is 9.59 Å². The molecule has 0 spiro atoms. The Morgan fingerprint density at radius 2 is 1.73 bits per heavy atom. The van der Waals surface area contributed by atoms with Gasteiger partial charge in [0.15, 0.2) is 5.13 Å². The first-order valence-electron chi connectivity index (χ1n) is 7.54. The van der Waals surface area contributed by atoms with Crippen molar-refractivity contribution in [2.45, 2.75) is 6.92 Å². The Labute approximate surface area is 167 Å². The van der Waals surface area contributed by atoms with Gasteiger partial charge >= 0.3 is 0 Å². The smallest absolute Gasteiger partial charge is 0.267 e. The van der Waals surface area contributed by atoms with Crippen molar-refractivity contribution in [3.8, 4) is 0 Å². The number of nitrogens with one attached hydrogen (secondary N) is 2. The number of halogens is 2. The molecule has 26 heavy (non-hydrogen) atoms. The molecule has 2 N–H and O–H groups in total. The minimum atomic E-state index is -0.371. The molecule has 0 saturated carbocycles. The quantitative estimate of drug-likeness (QED) is 0.561. The summed E-state index contributed by atoms with van der Waals surface area (Å²) in [4.78, 5) is 29.5. The van der Waals surface area contributed by atoms with Crippen molar-refractivity contribution in [2.75, 3.05) is 10.6 Å². The fraction of sp³-hybridized carbons (Fsp3) is 0.0556. The average molecular weight is 451 g/mol. The highest BCUT2D eigenvalue weighted by atomic mass is 79.9. The van der Waals surface area contributed by atoms with Crippen LogP contribution in [0.2, 0.25) is 5.02 Å². The van der Waals surface area contributed by atoms with Crippen LogP contribution in [0.4, 0.5) is 10.8 Å². The highest BCUT2D eigenvalue weighted by molar-refractivity contribution is 9.10. The monoisotopic (exact) mass is 449 g/mol. The summed E-state index contributed by atoms with van der Waals surface area (Å²) in [6.45, 7) is 1.72. The maximum Gasteiger partial charge on any atom is 0.267 e. The zero-order valence-electron chi connectivity index (χ0n) is 13.5. The molecule has 0 aliphatic heterocycles. The molecule has 3 aromatic rings. The molecular formula is C18H13BrClN3O2S. The van der Waals surface area contributed by atoms with Gasteiger partial charge in [-0.05, 0) is 43.3 Å². The van der Waals surface area contributed by atoms with Gasteiger partial charge in [-0.3, -0.25) is 14.9 Å². The number of rotatable bonds is 4. The summed E-state index contributed by atoms with van der Waals surface area (Å²) in [6, 6.07) is 14.0. The maximum atomic E-state index is 12.5. The minimum absolute atomic E-state index is 0.277. The lowest BCUT2D eigenvalue weighted by molar-refractivity contribution is 0.102. The average Bonchev–Trinajstić information content (AvgIpc) is 2.97. The normalized spacial score (nSPS) is 10.4. The number of carbonyl (C=O) groups is 2. The van der Waals surface area contributed by atoms with Crippen LogP contribution in [0.15, 0.2) is 53.0 Å². The first-order chi connectivity index (χ1) is 12.4. The van der Waals surface area contributed by atoms with E-state index in [1.807, 2.05) is 12.1 Å². The van der Waals surface area contributed by atoms with E-state index in [4.69, 9.17) is 11.6 Å². The number of aromatic nitrogens is 1. The van der Waals surface area contributed by atoms with E-state index < -0.39 is 0 Å². The zero-order valence-corrected chi connectivity index (χ0v) is 16.7. The van der Waals surface area contributed by atoms with E-state index in [1.165, 1.54) is 0 Å². The lowest BCUT2D eigenvalue weighted by Crippen LogP contribution is -2.12. The largest absolute Gasteiger partial charge is 0.321 e. The zero-order chi connectivity index (χ0) is 18.7. The molecule has 1 heterocycles. The fourth-order valence-electron chi connectivity index (χ4n) is 2.19. The van der Waals surface area contributed by atoms with Gasteiger partial charge in [0.05, 0.1) is 16.3 Å². The molecule has 2 amide bonds. The Morgan fingerprint density at radius 3 is 2.42 bits per heavy atom. The first kappa shape index (κ1) is 18.6. The van der Waals surface area contributed by atoms with Gasteiger partial charge in [0.25, 0.3) is 11.8 Å². The van der Waals surface area contributed by atoms with E-state index in [1.54, 1.807) is 43.3 Å². The van der Waals surface area contributed by atoms with E-state index in [2.05, 4.69) is 31.5 Å². The molecule has 5 nitrogen and oxygen atoms in total. The van der Waals surface area contributed by atoms with Crippen LogP contribution < -0.4 is 10.6 Å². The van der Waals surface area contributed by atoms with Crippen LogP contribution in [0.1, 0.15) is 25.7 Å². The van der Waals surface area contributed by atoms with E-state index >= 15 is 0 Å². The molecule has 0 fully saturated rings. The van der Waals surface area contributed by atoms with E-state index in [0.717, 1.165) is 15.8 Å². The number of carbonyl (C=O) groups excluding carboxylic acids is 2. The van der Waals surface area contributed by atoms with Crippen molar-refractivity contribution in [3.05, 3.63) is 74.2 Å². The highest BCUT2D eigenvalue weighted by Gasteiger charge is 2.18. The molecule has 0 unspecified atom stereocenters. The predicted molar refractivity (Wildman–Crippen MR) is 108 cm³/mol. The molecule has 2 aromatic carbocycles. The van der Waals surface area contributed by atoms with Crippen LogP contribution in [0.5, 0.6) is 0 Å². The Hall–Kier alpha value is -2.22. The third kappa shape index (κ3) is 4.30. The van der Waals surface area contributed by atoms with Gasteiger partial charge < -0.3 is 5.32 Å². The molecule has 0 saturated heterocycles. The van der Waals surface area contributed by atoms with Crippen LogP contribution in [0, 0.1) is 6.92 Å². The topological polar surface area (TPSA) is 71.1 Å².